The fourth-order valence-electron chi connectivity index (χ4n) is 5.42. The first-order valence-electron chi connectivity index (χ1n) is 8.72. The van der Waals surface area contributed by atoms with E-state index in [0.717, 1.165) is 37.7 Å². The third kappa shape index (κ3) is 2.54. The highest BCUT2D eigenvalue weighted by molar-refractivity contribution is 5.98. The van der Waals surface area contributed by atoms with Crippen LogP contribution in [0.15, 0.2) is 34.3 Å². The molecule has 1 heterocycles. The number of aliphatic hydroxyl groups is 1. The maximum atomic E-state index is 12.8. The summed E-state index contributed by atoms with van der Waals surface area (Å²) >= 11 is 0. The highest BCUT2D eigenvalue weighted by Gasteiger charge is 2.57. The molecule has 1 saturated carbocycles. The van der Waals surface area contributed by atoms with E-state index in [1.54, 1.807) is 12.5 Å². The van der Waals surface area contributed by atoms with Crippen LogP contribution >= 0.6 is 0 Å². The van der Waals surface area contributed by atoms with Gasteiger partial charge in [0.25, 0.3) is 0 Å². The van der Waals surface area contributed by atoms with Crippen molar-refractivity contribution in [2.75, 3.05) is 0 Å². The van der Waals surface area contributed by atoms with Gasteiger partial charge >= 0.3 is 0 Å². The first-order chi connectivity index (χ1) is 10.8. The van der Waals surface area contributed by atoms with Crippen LogP contribution in [0.4, 0.5) is 0 Å². The number of hydrogen-bond donors (Lipinski definition) is 1. The molecule has 126 valence electrons. The fraction of sp³-hybridized carbons (Fsp3) is 0.650. The van der Waals surface area contributed by atoms with Gasteiger partial charge in [-0.3, -0.25) is 4.79 Å². The zero-order chi connectivity index (χ0) is 16.8. The smallest absolute Gasteiger partial charge is 0.201 e. The van der Waals surface area contributed by atoms with Crippen LogP contribution in [-0.2, 0) is 11.2 Å². The number of allylic oxidation sites excluding steroid dienone is 2. The van der Waals surface area contributed by atoms with Crippen LogP contribution in [0.2, 0.25) is 0 Å². The van der Waals surface area contributed by atoms with Crippen molar-refractivity contribution >= 4 is 5.78 Å². The summed E-state index contributed by atoms with van der Waals surface area (Å²) < 4.78 is 5.17. The van der Waals surface area contributed by atoms with Gasteiger partial charge in [-0.15, -0.1) is 0 Å². The molecule has 1 aromatic rings. The lowest BCUT2D eigenvalue weighted by molar-refractivity contribution is -0.141. The van der Waals surface area contributed by atoms with Crippen LogP contribution in [0.3, 0.4) is 0 Å². The Morgan fingerprint density at radius 3 is 2.70 bits per heavy atom. The molecule has 0 amide bonds. The molecule has 0 bridgehead atoms. The first kappa shape index (κ1) is 16.4. The monoisotopic (exact) mass is 316 g/mol. The Morgan fingerprint density at radius 1 is 1.30 bits per heavy atom. The number of aryl methyl sites for hydroxylation is 1. The minimum absolute atomic E-state index is 0.0274. The highest BCUT2D eigenvalue weighted by atomic mass is 16.3. The normalized spacial score (nSPS) is 33.7. The van der Waals surface area contributed by atoms with Gasteiger partial charge in [-0.25, -0.2) is 0 Å². The number of furan rings is 1. The van der Waals surface area contributed by atoms with Gasteiger partial charge in [0.1, 0.15) is 0 Å². The zero-order valence-corrected chi connectivity index (χ0v) is 14.7. The summed E-state index contributed by atoms with van der Waals surface area (Å²) in [5.74, 6) is 0.162. The average Bonchev–Trinajstić information content (AvgIpc) is 2.97. The quantitative estimate of drug-likeness (QED) is 0.846. The van der Waals surface area contributed by atoms with Crippen molar-refractivity contribution < 1.29 is 14.3 Å². The van der Waals surface area contributed by atoms with Crippen LogP contribution in [0.5, 0.6) is 0 Å². The molecular formula is C20H28O3. The van der Waals surface area contributed by atoms with E-state index in [9.17, 15) is 9.90 Å². The summed E-state index contributed by atoms with van der Waals surface area (Å²) in [7, 11) is 0. The lowest BCUT2D eigenvalue weighted by Crippen LogP contribution is -2.53. The number of hydrogen-bond acceptors (Lipinski definition) is 3. The molecule has 3 nitrogen and oxygen atoms in total. The van der Waals surface area contributed by atoms with Crippen LogP contribution in [0.1, 0.15) is 58.9 Å². The van der Waals surface area contributed by atoms with Gasteiger partial charge in [-0.1, -0.05) is 27.2 Å². The van der Waals surface area contributed by atoms with E-state index in [0.29, 0.717) is 0 Å². The van der Waals surface area contributed by atoms with E-state index >= 15 is 0 Å². The third-order valence-electron chi connectivity index (χ3n) is 6.47. The number of ketones is 1. The minimum atomic E-state index is -0.0817. The maximum Gasteiger partial charge on any atom is 0.201 e. The van der Waals surface area contributed by atoms with Crippen molar-refractivity contribution in [3.8, 4) is 0 Å². The predicted octanol–water partition coefficient (Wildman–Crippen LogP) is 5.08. The molecule has 1 N–H and O–H groups in total. The molecule has 1 fully saturated rings. The molecule has 3 rings (SSSR count). The van der Waals surface area contributed by atoms with E-state index in [-0.39, 0.29) is 34.2 Å². The molecule has 2 aliphatic carbocycles. The van der Waals surface area contributed by atoms with Crippen LogP contribution in [-0.4, -0.2) is 10.9 Å². The highest BCUT2D eigenvalue weighted by Crippen LogP contribution is 2.60. The third-order valence-corrected chi connectivity index (χ3v) is 6.47. The van der Waals surface area contributed by atoms with Gasteiger partial charge in [0, 0.05) is 5.92 Å². The zero-order valence-electron chi connectivity index (χ0n) is 14.7. The average molecular weight is 316 g/mol. The van der Waals surface area contributed by atoms with Crippen molar-refractivity contribution in [3.63, 3.8) is 0 Å². The number of rotatable bonds is 3. The molecule has 0 unspecified atom stereocenters. The molecule has 2 aliphatic rings. The number of carbonyl (C=O) groups is 1. The molecule has 0 saturated heterocycles. The number of aliphatic hydroxyl groups excluding tert-OH is 1. The lowest BCUT2D eigenvalue weighted by atomic mass is 9.47. The molecule has 3 heteroatoms. The molecule has 23 heavy (non-hydrogen) atoms. The Hall–Kier alpha value is -1.51. The van der Waals surface area contributed by atoms with E-state index in [4.69, 9.17) is 4.42 Å². The van der Waals surface area contributed by atoms with Gasteiger partial charge in [0.05, 0.1) is 12.5 Å². The first-order valence-corrected chi connectivity index (χ1v) is 8.72. The van der Waals surface area contributed by atoms with Crippen molar-refractivity contribution in [1.82, 2.24) is 0 Å². The van der Waals surface area contributed by atoms with Crippen molar-refractivity contribution in [3.05, 3.63) is 35.5 Å². The molecule has 0 spiro atoms. The van der Waals surface area contributed by atoms with Crippen LogP contribution in [0, 0.1) is 22.7 Å². The molecule has 0 radical (unpaired) electrons. The summed E-state index contributed by atoms with van der Waals surface area (Å²) in [6.45, 7) is 8.59. The predicted molar refractivity (Wildman–Crippen MR) is 90.1 cm³/mol. The van der Waals surface area contributed by atoms with Crippen molar-refractivity contribution in [2.45, 2.75) is 59.8 Å². The Bertz CT molecular complexity index is 623. The maximum absolute atomic E-state index is 12.8. The SMILES string of the molecule is CC1=C(O)C(=O)[C@H]2C(C)(C)CCC[C@]2(C)[C@H]1CCc1ccoc1. The summed E-state index contributed by atoms with van der Waals surface area (Å²) in [5, 5.41) is 10.5. The summed E-state index contributed by atoms with van der Waals surface area (Å²) in [5.41, 5.74) is 1.96. The largest absolute Gasteiger partial charge is 0.504 e. The Kier molecular flexibility index (Phi) is 3.94. The number of carbonyl (C=O) groups excluding carboxylic acids is 1. The number of fused-ring (bicyclic) bond motifs is 1. The van der Waals surface area contributed by atoms with Gasteiger partial charge in [0.15, 0.2) is 5.76 Å². The summed E-state index contributed by atoms with van der Waals surface area (Å²) in [6.07, 6.45) is 8.64. The molecule has 1 aromatic heterocycles. The second-order valence-electron chi connectivity index (χ2n) is 8.40. The van der Waals surface area contributed by atoms with E-state index in [1.807, 2.05) is 13.0 Å². The second-order valence-corrected chi connectivity index (χ2v) is 8.40. The summed E-state index contributed by atoms with van der Waals surface area (Å²) in [6, 6.07) is 2.00. The van der Waals surface area contributed by atoms with Crippen LogP contribution < -0.4 is 0 Å². The Morgan fingerprint density at radius 2 is 2.04 bits per heavy atom. The molecule has 3 atom stereocenters. The van der Waals surface area contributed by atoms with Crippen LogP contribution in [0.25, 0.3) is 0 Å². The summed E-state index contributed by atoms with van der Waals surface area (Å²) in [4.78, 5) is 12.8. The van der Waals surface area contributed by atoms with Gasteiger partial charge < -0.3 is 9.52 Å². The Balaban J connectivity index is 1.97. The Labute approximate surface area is 138 Å². The van der Waals surface area contributed by atoms with Gasteiger partial charge in [0.2, 0.25) is 5.78 Å². The topological polar surface area (TPSA) is 50.4 Å². The van der Waals surface area contributed by atoms with Crippen molar-refractivity contribution in [1.29, 1.82) is 0 Å². The minimum Gasteiger partial charge on any atom is -0.504 e. The lowest BCUT2D eigenvalue weighted by Gasteiger charge is -2.56. The second kappa shape index (κ2) is 5.54. The van der Waals surface area contributed by atoms with Crippen molar-refractivity contribution in [2.24, 2.45) is 22.7 Å². The molecule has 0 aliphatic heterocycles. The van der Waals surface area contributed by atoms with Gasteiger partial charge in [-0.2, -0.15) is 0 Å². The van der Waals surface area contributed by atoms with Gasteiger partial charge in [-0.05, 0) is 66.6 Å². The molecule has 0 aromatic carbocycles. The van der Waals surface area contributed by atoms with E-state index in [2.05, 4.69) is 20.8 Å². The van der Waals surface area contributed by atoms with E-state index in [1.165, 1.54) is 5.56 Å². The number of Topliss-reactive ketones (excluding diaryl/α,β-unsaturated/α-hetero) is 1. The standard InChI is InChI=1S/C20H28O3/c1-13-15(7-6-14-8-11-23-12-14)20(4)10-5-9-19(2,3)18(20)17(22)16(13)21/h8,11-12,15,18,21H,5-7,9-10H2,1-4H3/t15-,18-,20+/m0/s1. The fourth-order valence-corrected chi connectivity index (χ4v) is 5.42. The molecular weight excluding hydrogens is 288 g/mol. The van der Waals surface area contributed by atoms with E-state index < -0.39 is 0 Å².